The first-order chi connectivity index (χ1) is 18.6. The average Bonchev–Trinajstić information content (AvgIpc) is 2.94. The Kier molecular flexibility index (Phi) is 11.0. The van der Waals surface area contributed by atoms with Gasteiger partial charge in [0, 0.05) is 11.8 Å². The van der Waals surface area contributed by atoms with Gasteiger partial charge in [0.15, 0.2) is 6.10 Å². The van der Waals surface area contributed by atoms with E-state index in [1.54, 1.807) is 6.08 Å². The van der Waals surface area contributed by atoms with E-state index in [1.807, 2.05) is 91.0 Å². The summed E-state index contributed by atoms with van der Waals surface area (Å²) in [7, 11) is 0. The molecular weight excluding hydrogens is 500 g/mol. The number of hydrogen-bond acceptors (Lipinski definition) is 7. The van der Waals surface area contributed by atoms with Crippen molar-refractivity contribution in [1.29, 1.82) is 0 Å². The van der Waals surface area contributed by atoms with Crippen LogP contribution in [-0.4, -0.2) is 49.0 Å². The Labute approximate surface area is 228 Å². The topological polar surface area (TPSA) is 63.2 Å². The van der Waals surface area contributed by atoms with Crippen LogP contribution in [0.1, 0.15) is 18.1 Å². The van der Waals surface area contributed by atoms with E-state index in [9.17, 15) is 4.79 Å². The first-order valence-electron chi connectivity index (χ1n) is 12.7. The Morgan fingerprint density at radius 2 is 1.45 bits per heavy atom. The molecule has 0 saturated carbocycles. The monoisotopic (exact) mass is 534 g/mol. The van der Waals surface area contributed by atoms with Crippen molar-refractivity contribution in [3.05, 3.63) is 115 Å². The zero-order valence-electron chi connectivity index (χ0n) is 21.5. The number of rotatable bonds is 13. The summed E-state index contributed by atoms with van der Waals surface area (Å²) in [5.41, 5.74) is 1.55. The first-order valence-corrected chi connectivity index (χ1v) is 13.6. The zero-order valence-corrected chi connectivity index (χ0v) is 22.3. The van der Waals surface area contributed by atoms with Crippen LogP contribution in [0.25, 0.3) is 0 Å². The highest BCUT2D eigenvalue weighted by molar-refractivity contribution is 7.99. The Balaban J connectivity index is 1.60. The highest BCUT2D eigenvalue weighted by Crippen LogP contribution is 2.37. The molecule has 0 unspecified atom stereocenters. The van der Waals surface area contributed by atoms with E-state index in [4.69, 9.17) is 23.7 Å². The Bertz CT molecular complexity index is 1110. The van der Waals surface area contributed by atoms with Crippen molar-refractivity contribution in [2.45, 2.75) is 54.9 Å². The zero-order chi connectivity index (χ0) is 26.6. The predicted molar refractivity (Wildman–Crippen MR) is 148 cm³/mol. The maximum atomic E-state index is 12.2. The van der Waals surface area contributed by atoms with E-state index in [2.05, 4.69) is 6.58 Å². The molecule has 0 aromatic heterocycles. The molecule has 3 aromatic carbocycles. The minimum atomic E-state index is -0.705. The quantitative estimate of drug-likeness (QED) is 0.203. The van der Waals surface area contributed by atoms with E-state index in [0.717, 1.165) is 16.0 Å². The van der Waals surface area contributed by atoms with Crippen molar-refractivity contribution in [3.8, 4) is 0 Å². The van der Waals surface area contributed by atoms with Crippen LogP contribution in [0.15, 0.2) is 109 Å². The van der Waals surface area contributed by atoms with Crippen LogP contribution in [0.3, 0.4) is 0 Å². The lowest BCUT2D eigenvalue weighted by Crippen LogP contribution is -2.60. The van der Waals surface area contributed by atoms with Crippen molar-refractivity contribution >= 4 is 17.7 Å². The fraction of sp³-hybridized carbons (Fsp3) is 0.323. The van der Waals surface area contributed by atoms with Crippen molar-refractivity contribution in [2.24, 2.45) is 0 Å². The molecule has 1 aliphatic heterocycles. The van der Waals surface area contributed by atoms with Crippen LogP contribution in [0.4, 0.5) is 0 Å². The van der Waals surface area contributed by atoms with Crippen LogP contribution >= 0.6 is 11.8 Å². The fourth-order valence-electron chi connectivity index (χ4n) is 4.26. The average molecular weight is 535 g/mol. The third-order valence-electron chi connectivity index (χ3n) is 5.97. The molecule has 5 atom stereocenters. The molecule has 3 aromatic rings. The summed E-state index contributed by atoms with van der Waals surface area (Å²) < 4.78 is 31.2. The Morgan fingerprint density at radius 3 is 2.05 bits per heavy atom. The smallest absolute Gasteiger partial charge is 0.303 e. The van der Waals surface area contributed by atoms with Gasteiger partial charge in [-0.1, -0.05) is 96.7 Å². The molecule has 38 heavy (non-hydrogen) atoms. The molecule has 0 amide bonds. The van der Waals surface area contributed by atoms with Gasteiger partial charge < -0.3 is 23.7 Å². The van der Waals surface area contributed by atoms with E-state index >= 15 is 0 Å². The van der Waals surface area contributed by atoms with Gasteiger partial charge in [0.05, 0.1) is 26.4 Å². The summed E-state index contributed by atoms with van der Waals surface area (Å²) in [5.74, 6) is -0.412. The lowest BCUT2D eigenvalue weighted by molar-refractivity contribution is -0.244. The van der Waals surface area contributed by atoms with Crippen molar-refractivity contribution in [1.82, 2.24) is 0 Å². The second kappa shape index (κ2) is 14.9. The van der Waals surface area contributed by atoms with E-state index in [0.29, 0.717) is 13.2 Å². The maximum Gasteiger partial charge on any atom is 0.303 e. The highest BCUT2D eigenvalue weighted by atomic mass is 32.2. The molecule has 0 spiro atoms. The van der Waals surface area contributed by atoms with Gasteiger partial charge in [0.1, 0.15) is 23.7 Å². The normalized spacial score (nSPS) is 23.0. The predicted octanol–water partition coefficient (Wildman–Crippen LogP) is 5.81. The number of carbonyl (C=O) groups excluding carboxylic acids is 1. The number of ether oxygens (including phenoxy) is 5. The highest BCUT2D eigenvalue weighted by Gasteiger charge is 2.49. The number of thioether (sulfide) groups is 1. The molecule has 0 aliphatic carbocycles. The first kappa shape index (κ1) is 28.1. The van der Waals surface area contributed by atoms with Crippen molar-refractivity contribution in [3.63, 3.8) is 0 Å². The van der Waals surface area contributed by atoms with E-state index in [1.165, 1.54) is 18.7 Å². The molecule has 7 heteroatoms. The summed E-state index contributed by atoms with van der Waals surface area (Å²) in [6.45, 7) is 6.53. The SMILES string of the molecule is C=CCO[C@@H]1[C@H](OC(C)=O)[C@@H](Sc2ccccc2)O[C@H](COCc2ccccc2)[C@H]1OCc1ccccc1. The van der Waals surface area contributed by atoms with Gasteiger partial charge in [-0.05, 0) is 23.3 Å². The van der Waals surface area contributed by atoms with Crippen LogP contribution < -0.4 is 0 Å². The molecule has 1 saturated heterocycles. The van der Waals surface area contributed by atoms with Crippen LogP contribution in [0, 0.1) is 0 Å². The molecule has 4 rings (SSSR count). The molecule has 0 N–H and O–H groups in total. The molecule has 0 radical (unpaired) electrons. The van der Waals surface area contributed by atoms with Gasteiger partial charge in [-0.2, -0.15) is 0 Å². The third kappa shape index (κ3) is 8.28. The van der Waals surface area contributed by atoms with Crippen LogP contribution in [0.2, 0.25) is 0 Å². The lowest BCUT2D eigenvalue weighted by Gasteiger charge is -2.45. The maximum absolute atomic E-state index is 12.2. The molecule has 1 aliphatic rings. The number of esters is 1. The molecule has 200 valence electrons. The van der Waals surface area contributed by atoms with Gasteiger partial charge >= 0.3 is 5.97 Å². The second-order valence-corrected chi connectivity index (χ2v) is 10.1. The summed E-state index contributed by atoms with van der Waals surface area (Å²) in [4.78, 5) is 13.2. The number of benzene rings is 3. The summed E-state index contributed by atoms with van der Waals surface area (Å²) in [6.07, 6.45) is -0.646. The fourth-order valence-corrected chi connectivity index (χ4v) is 5.39. The lowest BCUT2D eigenvalue weighted by atomic mass is 9.99. The minimum Gasteiger partial charge on any atom is -0.456 e. The standard InChI is InChI=1S/C31H34O6S/c1-3-19-34-29-28(35-21-25-15-9-5-10-16-25)27(22-33-20-24-13-7-4-8-14-24)37-31(30(29)36-23(2)32)38-26-17-11-6-12-18-26/h3-18,27-31H,1,19-22H2,2H3/t27-,28-,29+,30+,31-/m1/s1. The van der Waals surface area contributed by atoms with E-state index in [-0.39, 0.29) is 13.2 Å². The molecule has 1 fully saturated rings. The Hall–Kier alpha value is -2.94. The van der Waals surface area contributed by atoms with Gasteiger partial charge in [0.2, 0.25) is 0 Å². The van der Waals surface area contributed by atoms with Crippen molar-refractivity contribution in [2.75, 3.05) is 13.2 Å². The van der Waals surface area contributed by atoms with Gasteiger partial charge in [-0.3, -0.25) is 4.79 Å². The van der Waals surface area contributed by atoms with Crippen LogP contribution in [-0.2, 0) is 41.7 Å². The molecule has 1 heterocycles. The summed E-state index contributed by atoms with van der Waals surface area (Å²) in [5, 5.41) is 0. The van der Waals surface area contributed by atoms with Gasteiger partial charge in [-0.25, -0.2) is 0 Å². The van der Waals surface area contributed by atoms with E-state index < -0.39 is 35.8 Å². The second-order valence-electron chi connectivity index (χ2n) is 8.90. The molecule has 0 bridgehead atoms. The molecular formula is C31H34O6S. The van der Waals surface area contributed by atoms with Crippen molar-refractivity contribution < 1.29 is 28.5 Å². The van der Waals surface area contributed by atoms with Gasteiger partial charge in [-0.15, -0.1) is 6.58 Å². The van der Waals surface area contributed by atoms with Crippen LogP contribution in [0.5, 0.6) is 0 Å². The molecule has 6 nitrogen and oxygen atoms in total. The largest absolute Gasteiger partial charge is 0.456 e. The summed E-state index contributed by atoms with van der Waals surface area (Å²) >= 11 is 1.49. The minimum absolute atomic E-state index is 0.272. The summed E-state index contributed by atoms with van der Waals surface area (Å²) in [6, 6.07) is 29.8. The number of hydrogen-bond donors (Lipinski definition) is 0. The Morgan fingerprint density at radius 1 is 0.842 bits per heavy atom. The third-order valence-corrected chi connectivity index (χ3v) is 7.13. The number of carbonyl (C=O) groups is 1. The van der Waals surface area contributed by atoms with Gasteiger partial charge in [0.25, 0.3) is 0 Å².